The smallest absolute Gasteiger partial charge is 0.261 e. The second kappa shape index (κ2) is 7.09. The van der Waals surface area contributed by atoms with Gasteiger partial charge in [0.15, 0.2) is 11.5 Å². The fourth-order valence-electron chi connectivity index (χ4n) is 3.18. The minimum atomic E-state index is -0.0987. The van der Waals surface area contributed by atoms with E-state index >= 15 is 0 Å². The zero-order valence-electron chi connectivity index (χ0n) is 14.4. The quantitative estimate of drug-likeness (QED) is 0.798. The molecule has 1 aromatic heterocycles. The van der Waals surface area contributed by atoms with Gasteiger partial charge in [0.1, 0.15) is 5.52 Å². The Balaban J connectivity index is 2.02. The van der Waals surface area contributed by atoms with E-state index < -0.39 is 0 Å². The molecule has 7 heteroatoms. The zero-order chi connectivity index (χ0) is 17.1. The minimum absolute atomic E-state index is 0.0987. The summed E-state index contributed by atoms with van der Waals surface area (Å²) in [5, 5.41) is 0.466. The van der Waals surface area contributed by atoms with E-state index in [0.717, 1.165) is 19.6 Å². The van der Waals surface area contributed by atoms with Crippen molar-refractivity contribution in [3.8, 4) is 17.2 Å². The molecule has 0 bridgehead atoms. The van der Waals surface area contributed by atoms with E-state index in [9.17, 15) is 4.79 Å². The van der Waals surface area contributed by atoms with Gasteiger partial charge in [-0.05, 0) is 32.0 Å². The van der Waals surface area contributed by atoms with Crippen molar-refractivity contribution in [2.45, 2.75) is 19.4 Å². The van der Waals surface area contributed by atoms with E-state index in [2.05, 4.69) is 9.88 Å². The maximum absolute atomic E-state index is 12.8. The number of ether oxygens (including phenoxy) is 3. The summed E-state index contributed by atoms with van der Waals surface area (Å²) in [6.07, 6.45) is 4.05. The molecule has 0 unspecified atom stereocenters. The van der Waals surface area contributed by atoms with Crippen LogP contribution in [0.4, 0.5) is 0 Å². The molecule has 0 aliphatic carbocycles. The third kappa shape index (κ3) is 2.91. The Labute approximate surface area is 140 Å². The van der Waals surface area contributed by atoms with E-state index in [1.54, 1.807) is 17.0 Å². The van der Waals surface area contributed by atoms with Crippen molar-refractivity contribution >= 4 is 10.9 Å². The van der Waals surface area contributed by atoms with Crippen LogP contribution < -0.4 is 19.8 Å². The molecule has 0 saturated carbocycles. The van der Waals surface area contributed by atoms with E-state index in [1.165, 1.54) is 34.2 Å². The Morgan fingerprint density at radius 1 is 1.04 bits per heavy atom. The molecule has 24 heavy (non-hydrogen) atoms. The summed E-state index contributed by atoms with van der Waals surface area (Å²) in [5.41, 5.74) is 0.385. The largest absolute Gasteiger partial charge is 0.493 e. The van der Waals surface area contributed by atoms with Gasteiger partial charge in [0, 0.05) is 13.1 Å². The molecule has 0 atom stereocenters. The van der Waals surface area contributed by atoms with Crippen LogP contribution in [0.3, 0.4) is 0 Å². The highest BCUT2D eigenvalue weighted by Crippen LogP contribution is 2.41. The Bertz CT molecular complexity index is 781. The number of methoxy groups -OCH3 is 3. The van der Waals surface area contributed by atoms with E-state index in [4.69, 9.17) is 14.2 Å². The van der Waals surface area contributed by atoms with Crippen LogP contribution in [0.15, 0.2) is 17.2 Å². The van der Waals surface area contributed by atoms with Gasteiger partial charge in [-0.1, -0.05) is 0 Å². The fourth-order valence-corrected chi connectivity index (χ4v) is 3.18. The zero-order valence-corrected chi connectivity index (χ0v) is 14.4. The summed E-state index contributed by atoms with van der Waals surface area (Å²) in [6, 6.07) is 1.67. The van der Waals surface area contributed by atoms with E-state index in [1.807, 2.05) is 0 Å². The van der Waals surface area contributed by atoms with Crippen molar-refractivity contribution in [1.82, 2.24) is 14.5 Å². The maximum atomic E-state index is 12.8. The summed E-state index contributed by atoms with van der Waals surface area (Å²) >= 11 is 0. The van der Waals surface area contributed by atoms with Gasteiger partial charge >= 0.3 is 0 Å². The van der Waals surface area contributed by atoms with Crippen LogP contribution in [0.5, 0.6) is 17.2 Å². The van der Waals surface area contributed by atoms with Crippen LogP contribution >= 0.6 is 0 Å². The summed E-state index contributed by atoms with van der Waals surface area (Å²) in [6.45, 7) is 3.69. The third-order valence-corrected chi connectivity index (χ3v) is 4.48. The van der Waals surface area contributed by atoms with Gasteiger partial charge in [0.25, 0.3) is 5.56 Å². The molecule has 0 spiro atoms. The normalized spacial score (nSPS) is 15.0. The molecule has 3 rings (SSSR count). The molecule has 0 N–H and O–H groups in total. The number of benzene rings is 1. The average molecular weight is 333 g/mol. The third-order valence-electron chi connectivity index (χ3n) is 4.48. The average Bonchev–Trinajstić information content (AvgIpc) is 3.13. The lowest BCUT2D eigenvalue weighted by Gasteiger charge is -2.17. The monoisotopic (exact) mass is 333 g/mol. The molecular formula is C17H23N3O4. The second-order valence-corrected chi connectivity index (χ2v) is 5.83. The number of nitrogens with zero attached hydrogens (tertiary/aromatic N) is 3. The van der Waals surface area contributed by atoms with Gasteiger partial charge in [0.05, 0.1) is 33.0 Å². The second-order valence-electron chi connectivity index (χ2n) is 5.83. The molecule has 1 aliphatic rings. The predicted molar refractivity (Wildman–Crippen MR) is 91.3 cm³/mol. The van der Waals surface area contributed by atoms with Crippen molar-refractivity contribution in [3.05, 3.63) is 22.7 Å². The van der Waals surface area contributed by atoms with Crippen molar-refractivity contribution in [3.63, 3.8) is 0 Å². The summed E-state index contributed by atoms with van der Waals surface area (Å²) in [7, 11) is 4.59. The van der Waals surface area contributed by atoms with Gasteiger partial charge in [0.2, 0.25) is 5.75 Å². The molecule has 0 radical (unpaired) electrons. The first-order valence-electron chi connectivity index (χ1n) is 8.10. The standard InChI is InChI=1S/C17H23N3O4/c1-22-13-10-12-14(16(24-3)15(13)23-2)18-11-20(17(12)21)9-8-19-6-4-5-7-19/h10-11H,4-9H2,1-3H3. The highest BCUT2D eigenvalue weighted by atomic mass is 16.5. The van der Waals surface area contributed by atoms with Crippen LogP contribution in [0, 0.1) is 0 Å². The number of hydrogen-bond acceptors (Lipinski definition) is 6. The van der Waals surface area contributed by atoms with Crippen molar-refractivity contribution in [2.24, 2.45) is 0 Å². The Morgan fingerprint density at radius 2 is 1.75 bits per heavy atom. The predicted octanol–water partition coefficient (Wildman–Crippen LogP) is 1.52. The topological polar surface area (TPSA) is 65.8 Å². The Morgan fingerprint density at radius 3 is 2.38 bits per heavy atom. The van der Waals surface area contributed by atoms with Crippen LogP contribution in [0.2, 0.25) is 0 Å². The molecule has 7 nitrogen and oxygen atoms in total. The summed E-state index contributed by atoms with van der Waals surface area (Å²) in [4.78, 5) is 19.6. The van der Waals surface area contributed by atoms with Crippen molar-refractivity contribution < 1.29 is 14.2 Å². The maximum Gasteiger partial charge on any atom is 0.261 e. The van der Waals surface area contributed by atoms with Gasteiger partial charge in [-0.2, -0.15) is 0 Å². The van der Waals surface area contributed by atoms with Crippen LogP contribution in [-0.2, 0) is 6.54 Å². The minimum Gasteiger partial charge on any atom is -0.493 e. The molecule has 0 amide bonds. The van der Waals surface area contributed by atoms with Gasteiger partial charge < -0.3 is 19.1 Å². The highest BCUT2D eigenvalue weighted by molar-refractivity contribution is 5.89. The molecule has 2 heterocycles. The summed E-state index contributed by atoms with van der Waals surface area (Å²) in [5.74, 6) is 1.31. The molecule has 1 aliphatic heterocycles. The molecule has 2 aromatic rings. The Hall–Kier alpha value is -2.28. The Kier molecular flexibility index (Phi) is 4.89. The molecular weight excluding hydrogens is 310 g/mol. The van der Waals surface area contributed by atoms with Gasteiger partial charge in [-0.15, -0.1) is 0 Å². The van der Waals surface area contributed by atoms with Gasteiger partial charge in [-0.3, -0.25) is 9.36 Å². The number of hydrogen-bond donors (Lipinski definition) is 0. The molecule has 130 valence electrons. The van der Waals surface area contributed by atoms with Crippen LogP contribution in [-0.4, -0.2) is 55.4 Å². The van der Waals surface area contributed by atoms with E-state index in [-0.39, 0.29) is 5.56 Å². The number of fused-ring (bicyclic) bond motifs is 1. The van der Waals surface area contributed by atoms with Crippen molar-refractivity contribution in [2.75, 3.05) is 41.0 Å². The lowest BCUT2D eigenvalue weighted by Crippen LogP contribution is -2.29. The first kappa shape index (κ1) is 16.6. The number of likely N-dealkylation sites (tertiary alicyclic amines) is 1. The van der Waals surface area contributed by atoms with E-state index in [0.29, 0.717) is 34.7 Å². The molecule has 1 saturated heterocycles. The van der Waals surface area contributed by atoms with Crippen molar-refractivity contribution in [1.29, 1.82) is 0 Å². The molecule has 1 fully saturated rings. The first-order valence-corrected chi connectivity index (χ1v) is 8.10. The fraction of sp³-hybridized carbons (Fsp3) is 0.529. The SMILES string of the molecule is COc1cc2c(=O)n(CCN3CCCC3)cnc2c(OC)c1OC. The highest BCUT2D eigenvalue weighted by Gasteiger charge is 2.20. The van der Waals surface area contributed by atoms with Crippen LogP contribution in [0.25, 0.3) is 10.9 Å². The van der Waals surface area contributed by atoms with Crippen LogP contribution in [0.1, 0.15) is 12.8 Å². The molecule has 1 aromatic carbocycles. The lowest BCUT2D eigenvalue weighted by molar-refractivity contribution is 0.319. The van der Waals surface area contributed by atoms with Gasteiger partial charge in [-0.25, -0.2) is 4.98 Å². The number of rotatable bonds is 6. The first-order chi connectivity index (χ1) is 11.7. The number of aromatic nitrogens is 2. The summed E-state index contributed by atoms with van der Waals surface area (Å²) < 4.78 is 17.7. The lowest BCUT2D eigenvalue weighted by atomic mass is 10.2.